The van der Waals surface area contributed by atoms with Crippen molar-refractivity contribution in [3.63, 3.8) is 0 Å². The Morgan fingerprint density at radius 3 is 2.41 bits per heavy atom. The summed E-state index contributed by atoms with van der Waals surface area (Å²) >= 11 is 6.14. The molecule has 0 aromatic heterocycles. The van der Waals surface area contributed by atoms with E-state index in [1.165, 1.54) is 18.4 Å². The van der Waals surface area contributed by atoms with Gasteiger partial charge < -0.3 is 14.8 Å². The highest BCUT2D eigenvalue weighted by molar-refractivity contribution is 6.32. The third-order valence-electron chi connectivity index (χ3n) is 4.95. The SMILES string of the molecule is COc1ccc([C@H](CNC(=O)c2ccc(OC)c(Cl)c2)N2CCCC2)cc1. The molecule has 2 aromatic rings. The van der Waals surface area contributed by atoms with Crippen LogP contribution in [0.2, 0.25) is 5.02 Å². The zero-order chi connectivity index (χ0) is 19.2. The molecule has 27 heavy (non-hydrogen) atoms. The van der Waals surface area contributed by atoms with Crippen LogP contribution in [-0.4, -0.2) is 44.7 Å². The summed E-state index contributed by atoms with van der Waals surface area (Å²) in [4.78, 5) is 15.0. The Balaban J connectivity index is 1.72. The van der Waals surface area contributed by atoms with Gasteiger partial charge in [-0.3, -0.25) is 9.69 Å². The van der Waals surface area contributed by atoms with Crippen molar-refractivity contribution in [1.29, 1.82) is 0 Å². The van der Waals surface area contributed by atoms with Gasteiger partial charge in [0.1, 0.15) is 11.5 Å². The van der Waals surface area contributed by atoms with Gasteiger partial charge in [-0.2, -0.15) is 0 Å². The van der Waals surface area contributed by atoms with Crippen molar-refractivity contribution in [1.82, 2.24) is 10.2 Å². The van der Waals surface area contributed by atoms with Crippen molar-refractivity contribution in [2.75, 3.05) is 33.9 Å². The largest absolute Gasteiger partial charge is 0.497 e. The van der Waals surface area contributed by atoms with Gasteiger partial charge in [0.25, 0.3) is 5.91 Å². The molecule has 5 nitrogen and oxygen atoms in total. The molecule has 1 N–H and O–H groups in total. The lowest BCUT2D eigenvalue weighted by atomic mass is 10.0. The monoisotopic (exact) mass is 388 g/mol. The number of carbonyl (C=O) groups is 1. The second-order valence-electron chi connectivity index (χ2n) is 6.59. The first-order chi connectivity index (χ1) is 13.1. The minimum atomic E-state index is -0.141. The van der Waals surface area contributed by atoms with Gasteiger partial charge in [-0.1, -0.05) is 23.7 Å². The quantitative estimate of drug-likeness (QED) is 0.780. The van der Waals surface area contributed by atoms with Crippen LogP contribution in [0, 0.1) is 0 Å². The van der Waals surface area contributed by atoms with Gasteiger partial charge in [0.15, 0.2) is 0 Å². The summed E-state index contributed by atoms with van der Waals surface area (Å²) in [6, 6.07) is 13.3. The molecule has 0 aliphatic carbocycles. The number of methoxy groups -OCH3 is 2. The number of halogens is 1. The molecule has 1 aliphatic heterocycles. The summed E-state index contributed by atoms with van der Waals surface area (Å²) < 4.78 is 10.4. The summed E-state index contributed by atoms with van der Waals surface area (Å²) in [6.07, 6.45) is 2.38. The molecule has 2 aromatic carbocycles. The van der Waals surface area contributed by atoms with E-state index in [9.17, 15) is 4.79 Å². The summed E-state index contributed by atoms with van der Waals surface area (Å²) in [6.45, 7) is 2.62. The lowest BCUT2D eigenvalue weighted by molar-refractivity contribution is 0.0938. The average Bonchev–Trinajstić information content (AvgIpc) is 3.23. The van der Waals surface area contributed by atoms with Crippen molar-refractivity contribution in [3.05, 3.63) is 58.6 Å². The molecule has 1 heterocycles. The first-order valence-corrected chi connectivity index (χ1v) is 9.50. The molecular weight excluding hydrogens is 364 g/mol. The Bertz CT molecular complexity index is 773. The highest BCUT2D eigenvalue weighted by Crippen LogP contribution is 2.27. The molecule has 1 fully saturated rings. The molecule has 0 saturated carbocycles. The van der Waals surface area contributed by atoms with Crippen LogP contribution in [0.4, 0.5) is 0 Å². The highest BCUT2D eigenvalue weighted by Gasteiger charge is 2.24. The Hall–Kier alpha value is -2.24. The minimum absolute atomic E-state index is 0.135. The maximum absolute atomic E-state index is 12.6. The van der Waals surface area contributed by atoms with Gasteiger partial charge in [0, 0.05) is 12.1 Å². The van der Waals surface area contributed by atoms with Gasteiger partial charge in [-0.05, 0) is 61.8 Å². The third kappa shape index (κ3) is 4.73. The Kier molecular flexibility index (Phi) is 6.58. The van der Waals surface area contributed by atoms with E-state index in [0.29, 0.717) is 22.9 Å². The smallest absolute Gasteiger partial charge is 0.251 e. The van der Waals surface area contributed by atoms with Crippen molar-refractivity contribution >= 4 is 17.5 Å². The molecule has 0 spiro atoms. The fourth-order valence-electron chi connectivity index (χ4n) is 3.44. The number of likely N-dealkylation sites (tertiary alicyclic amines) is 1. The van der Waals surface area contributed by atoms with E-state index >= 15 is 0 Å². The maximum Gasteiger partial charge on any atom is 0.251 e. The molecular formula is C21H25ClN2O3. The van der Waals surface area contributed by atoms with Crippen LogP contribution in [0.3, 0.4) is 0 Å². The third-order valence-corrected chi connectivity index (χ3v) is 5.25. The number of benzene rings is 2. The van der Waals surface area contributed by atoms with Crippen LogP contribution in [0.1, 0.15) is 34.8 Å². The number of rotatable bonds is 7. The molecule has 0 bridgehead atoms. The topological polar surface area (TPSA) is 50.8 Å². The number of hydrogen-bond donors (Lipinski definition) is 1. The van der Waals surface area contributed by atoms with E-state index < -0.39 is 0 Å². The van der Waals surface area contributed by atoms with Crippen LogP contribution < -0.4 is 14.8 Å². The molecule has 0 unspecified atom stereocenters. The van der Waals surface area contributed by atoms with Crippen LogP contribution in [-0.2, 0) is 0 Å². The molecule has 1 atom stereocenters. The van der Waals surface area contributed by atoms with E-state index in [1.54, 1.807) is 32.4 Å². The van der Waals surface area contributed by atoms with E-state index in [-0.39, 0.29) is 11.9 Å². The number of amides is 1. The first kappa shape index (κ1) is 19.5. The fraction of sp³-hybridized carbons (Fsp3) is 0.381. The molecule has 3 rings (SSSR count). The van der Waals surface area contributed by atoms with Crippen LogP contribution >= 0.6 is 11.6 Å². The predicted octanol–water partition coefficient (Wildman–Crippen LogP) is 3.92. The van der Waals surface area contributed by atoms with Crippen LogP contribution in [0.25, 0.3) is 0 Å². The number of ether oxygens (including phenoxy) is 2. The Labute approximate surface area is 165 Å². The zero-order valence-corrected chi connectivity index (χ0v) is 16.5. The van der Waals surface area contributed by atoms with Gasteiger partial charge in [0.05, 0.1) is 25.3 Å². The van der Waals surface area contributed by atoms with Gasteiger partial charge in [0.2, 0.25) is 0 Å². The van der Waals surface area contributed by atoms with Crippen molar-refractivity contribution in [2.45, 2.75) is 18.9 Å². The molecule has 6 heteroatoms. The van der Waals surface area contributed by atoms with Crippen molar-refractivity contribution in [3.8, 4) is 11.5 Å². The molecule has 144 valence electrons. The summed E-state index contributed by atoms with van der Waals surface area (Å²) in [7, 11) is 3.21. The van der Waals surface area contributed by atoms with E-state index in [2.05, 4.69) is 22.3 Å². The van der Waals surface area contributed by atoms with Crippen LogP contribution in [0.5, 0.6) is 11.5 Å². The van der Waals surface area contributed by atoms with Gasteiger partial charge in [-0.25, -0.2) is 0 Å². The second kappa shape index (κ2) is 9.11. The van der Waals surface area contributed by atoms with E-state index in [4.69, 9.17) is 21.1 Å². The lowest BCUT2D eigenvalue weighted by Gasteiger charge is -2.28. The minimum Gasteiger partial charge on any atom is -0.497 e. The lowest BCUT2D eigenvalue weighted by Crippen LogP contribution is -2.36. The molecule has 1 saturated heterocycles. The first-order valence-electron chi connectivity index (χ1n) is 9.12. The number of nitrogens with one attached hydrogen (secondary N) is 1. The highest BCUT2D eigenvalue weighted by atomic mass is 35.5. The van der Waals surface area contributed by atoms with Crippen molar-refractivity contribution < 1.29 is 14.3 Å². The van der Waals surface area contributed by atoms with Crippen LogP contribution in [0.15, 0.2) is 42.5 Å². The zero-order valence-electron chi connectivity index (χ0n) is 15.7. The molecule has 1 aliphatic rings. The predicted molar refractivity (Wildman–Crippen MR) is 107 cm³/mol. The summed E-state index contributed by atoms with van der Waals surface area (Å²) in [5.74, 6) is 1.24. The normalized spacial score (nSPS) is 15.4. The fourth-order valence-corrected chi connectivity index (χ4v) is 3.69. The Morgan fingerprint density at radius 1 is 1.11 bits per heavy atom. The standard InChI is InChI=1S/C21H25ClN2O3/c1-26-17-8-5-15(6-9-17)19(24-11-3-4-12-24)14-23-21(25)16-7-10-20(27-2)18(22)13-16/h5-10,13,19H,3-4,11-12,14H2,1-2H3,(H,23,25)/t19-/m0/s1. The van der Waals surface area contributed by atoms with E-state index in [1.807, 2.05) is 12.1 Å². The summed E-state index contributed by atoms with van der Waals surface area (Å²) in [5, 5.41) is 3.48. The average molecular weight is 389 g/mol. The van der Waals surface area contributed by atoms with Crippen molar-refractivity contribution in [2.24, 2.45) is 0 Å². The number of hydrogen-bond acceptors (Lipinski definition) is 4. The van der Waals surface area contributed by atoms with Gasteiger partial charge in [-0.15, -0.1) is 0 Å². The summed E-state index contributed by atoms with van der Waals surface area (Å²) in [5.41, 5.74) is 1.70. The Morgan fingerprint density at radius 2 is 1.81 bits per heavy atom. The molecule has 1 amide bonds. The van der Waals surface area contributed by atoms with Gasteiger partial charge >= 0.3 is 0 Å². The second-order valence-corrected chi connectivity index (χ2v) is 7.00. The maximum atomic E-state index is 12.6. The van der Waals surface area contributed by atoms with E-state index in [0.717, 1.165) is 18.8 Å². The number of nitrogens with zero attached hydrogens (tertiary/aromatic N) is 1. The number of carbonyl (C=O) groups excluding carboxylic acids is 1. The molecule has 0 radical (unpaired) electrons.